The molecule has 0 aliphatic rings. The molecule has 1 heterocycles. The van der Waals surface area contributed by atoms with Gasteiger partial charge in [-0.3, -0.25) is 4.79 Å². The summed E-state index contributed by atoms with van der Waals surface area (Å²) < 4.78 is 46.2. The van der Waals surface area contributed by atoms with Crippen molar-refractivity contribution >= 4 is 31.3 Å². The standard InChI is InChI=1S/C6H3Cl2F2NO3S/c7-4-3(15(8,13)14)1-2(5(9)10)6(12)11-4/h1,5H,(H,11,12). The van der Waals surface area contributed by atoms with Gasteiger partial charge in [0.1, 0.15) is 10.0 Å². The van der Waals surface area contributed by atoms with Crippen molar-refractivity contribution in [3.63, 3.8) is 0 Å². The number of hydrogen-bond acceptors (Lipinski definition) is 3. The van der Waals surface area contributed by atoms with E-state index in [1.165, 1.54) is 0 Å². The summed E-state index contributed by atoms with van der Waals surface area (Å²) in [6.07, 6.45) is -3.11. The zero-order valence-electron chi connectivity index (χ0n) is 6.80. The highest BCUT2D eigenvalue weighted by atomic mass is 35.7. The Bertz CT molecular complexity index is 540. The van der Waals surface area contributed by atoms with Gasteiger partial charge in [-0.1, -0.05) is 11.6 Å². The number of alkyl halides is 2. The molecule has 0 radical (unpaired) electrons. The predicted octanol–water partition coefficient (Wildman–Crippen LogP) is 1.89. The monoisotopic (exact) mass is 277 g/mol. The van der Waals surface area contributed by atoms with E-state index in [1.807, 2.05) is 0 Å². The second kappa shape index (κ2) is 4.07. The van der Waals surface area contributed by atoms with Crippen LogP contribution in [0.1, 0.15) is 12.0 Å². The van der Waals surface area contributed by atoms with Gasteiger partial charge in [-0.25, -0.2) is 17.2 Å². The normalized spacial score (nSPS) is 12.1. The quantitative estimate of drug-likeness (QED) is 0.663. The van der Waals surface area contributed by atoms with Crippen LogP contribution in [-0.2, 0) is 9.05 Å². The van der Waals surface area contributed by atoms with Crippen LogP contribution in [0, 0.1) is 0 Å². The maximum atomic E-state index is 12.2. The van der Waals surface area contributed by atoms with E-state index < -0.39 is 36.6 Å². The number of pyridine rings is 1. The van der Waals surface area contributed by atoms with E-state index >= 15 is 0 Å². The number of H-pyrrole nitrogens is 1. The van der Waals surface area contributed by atoms with Crippen LogP contribution in [0.4, 0.5) is 8.78 Å². The summed E-state index contributed by atoms with van der Waals surface area (Å²) in [7, 11) is 0.644. The number of aromatic nitrogens is 1. The van der Waals surface area contributed by atoms with Crippen LogP contribution >= 0.6 is 22.3 Å². The molecule has 0 aromatic carbocycles. The molecule has 0 aliphatic heterocycles. The summed E-state index contributed by atoms with van der Waals surface area (Å²) in [6, 6.07) is 0.453. The van der Waals surface area contributed by atoms with Gasteiger partial charge in [0, 0.05) is 10.7 Å². The molecule has 0 bridgehead atoms. The molecule has 0 aliphatic carbocycles. The molecule has 4 nitrogen and oxygen atoms in total. The third-order valence-corrected chi connectivity index (χ3v) is 3.24. The Morgan fingerprint density at radius 2 is 1.93 bits per heavy atom. The van der Waals surface area contributed by atoms with Crippen molar-refractivity contribution in [1.82, 2.24) is 4.98 Å². The van der Waals surface area contributed by atoms with Crippen molar-refractivity contribution in [3.05, 3.63) is 27.1 Å². The summed E-state index contributed by atoms with van der Waals surface area (Å²) in [5.74, 6) is 0. The fraction of sp³-hybridized carbons (Fsp3) is 0.167. The minimum Gasteiger partial charge on any atom is -0.311 e. The number of rotatable bonds is 2. The van der Waals surface area contributed by atoms with Crippen LogP contribution in [0.5, 0.6) is 0 Å². The van der Waals surface area contributed by atoms with E-state index in [0.29, 0.717) is 6.07 Å². The molecule has 0 spiro atoms. The number of hydrogen-bond donors (Lipinski definition) is 1. The smallest absolute Gasteiger partial charge is 0.269 e. The Morgan fingerprint density at radius 1 is 1.40 bits per heavy atom. The molecule has 0 amide bonds. The molecular weight excluding hydrogens is 275 g/mol. The van der Waals surface area contributed by atoms with E-state index in [1.54, 1.807) is 4.98 Å². The number of halogens is 4. The van der Waals surface area contributed by atoms with Crippen LogP contribution in [0.25, 0.3) is 0 Å². The van der Waals surface area contributed by atoms with Crippen molar-refractivity contribution in [2.24, 2.45) is 0 Å². The number of aromatic amines is 1. The Morgan fingerprint density at radius 3 is 2.33 bits per heavy atom. The van der Waals surface area contributed by atoms with Gasteiger partial charge in [0.2, 0.25) is 0 Å². The van der Waals surface area contributed by atoms with Crippen molar-refractivity contribution in [3.8, 4) is 0 Å². The second-order valence-corrected chi connectivity index (χ2v) is 5.38. The molecule has 0 fully saturated rings. The largest absolute Gasteiger partial charge is 0.311 e. The zero-order valence-corrected chi connectivity index (χ0v) is 9.13. The molecule has 0 atom stereocenters. The Kier molecular flexibility index (Phi) is 3.37. The van der Waals surface area contributed by atoms with Crippen LogP contribution < -0.4 is 5.56 Å². The Hall–Kier alpha value is -0.660. The van der Waals surface area contributed by atoms with Crippen LogP contribution in [0.15, 0.2) is 15.8 Å². The minimum absolute atomic E-state index is 0.453. The lowest BCUT2D eigenvalue weighted by atomic mass is 10.3. The first-order valence-corrected chi connectivity index (χ1v) is 6.07. The van der Waals surface area contributed by atoms with Gasteiger partial charge < -0.3 is 4.98 Å². The Balaban J connectivity index is 3.58. The molecule has 1 aromatic rings. The summed E-state index contributed by atoms with van der Waals surface area (Å²) >= 11 is 5.33. The van der Waals surface area contributed by atoms with E-state index in [9.17, 15) is 22.0 Å². The fourth-order valence-electron chi connectivity index (χ4n) is 0.843. The Labute approximate surface area is 92.2 Å². The van der Waals surface area contributed by atoms with Crippen molar-refractivity contribution < 1.29 is 17.2 Å². The second-order valence-electron chi connectivity index (χ2n) is 2.47. The van der Waals surface area contributed by atoms with Gasteiger partial charge >= 0.3 is 0 Å². The molecular formula is C6H3Cl2F2NO3S. The van der Waals surface area contributed by atoms with Crippen molar-refractivity contribution in [1.29, 1.82) is 0 Å². The topological polar surface area (TPSA) is 67.0 Å². The summed E-state index contributed by atoms with van der Waals surface area (Å²) in [4.78, 5) is 11.9. The minimum atomic E-state index is -4.27. The van der Waals surface area contributed by atoms with E-state index in [4.69, 9.17) is 22.3 Å². The molecule has 84 valence electrons. The van der Waals surface area contributed by atoms with E-state index in [-0.39, 0.29) is 0 Å². The maximum absolute atomic E-state index is 12.2. The van der Waals surface area contributed by atoms with Crippen molar-refractivity contribution in [2.45, 2.75) is 11.3 Å². The van der Waals surface area contributed by atoms with Gasteiger partial charge in [-0.05, 0) is 6.07 Å². The van der Waals surface area contributed by atoms with E-state index in [0.717, 1.165) is 0 Å². The average molecular weight is 278 g/mol. The molecule has 0 saturated carbocycles. The first-order valence-electron chi connectivity index (χ1n) is 3.39. The van der Waals surface area contributed by atoms with Gasteiger partial charge in [-0.2, -0.15) is 0 Å². The first-order chi connectivity index (χ1) is 6.73. The lowest BCUT2D eigenvalue weighted by molar-refractivity contribution is 0.149. The molecule has 1 N–H and O–H groups in total. The third kappa shape index (κ3) is 2.67. The lowest BCUT2D eigenvalue weighted by Crippen LogP contribution is -2.15. The molecule has 0 unspecified atom stereocenters. The summed E-state index contributed by atoms with van der Waals surface area (Å²) in [5, 5.41) is -0.598. The van der Waals surface area contributed by atoms with Gasteiger partial charge in [0.05, 0.1) is 5.56 Å². The van der Waals surface area contributed by atoms with E-state index in [2.05, 4.69) is 0 Å². The maximum Gasteiger partial charge on any atom is 0.269 e. The number of nitrogens with one attached hydrogen (secondary N) is 1. The highest BCUT2D eigenvalue weighted by molar-refractivity contribution is 8.13. The molecule has 1 aromatic heterocycles. The molecule has 1 rings (SSSR count). The van der Waals surface area contributed by atoms with Gasteiger partial charge in [0.15, 0.2) is 0 Å². The van der Waals surface area contributed by atoms with Crippen LogP contribution in [0.2, 0.25) is 5.15 Å². The highest BCUT2D eigenvalue weighted by Crippen LogP contribution is 2.25. The van der Waals surface area contributed by atoms with Crippen LogP contribution in [0.3, 0.4) is 0 Å². The molecule has 15 heavy (non-hydrogen) atoms. The van der Waals surface area contributed by atoms with Gasteiger partial charge in [-0.15, -0.1) is 0 Å². The third-order valence-electron chi connectivity index (χ3n) is 1.49. The highest BCUT2D eigenvalue weighted by Gasteiger charge is 2.21. The molecule has 9 heteroatoms. The summed E-state index contributed by atoms with van der Waals surface area (Å²) in [5.41, 5.74) is -2.15. The fourth-order valence-corrected chi connectivity index (χ4v) is 2.30. The first kappa shape index (κ1) is 12.4. The SMILES string of the molecule is O=c1[nH]c(Cl)c(S(=O)(=O)Cl)cc1C(F)F. The molecule has 0 saturated heterocycles. The summed E-state index contributed by atoms with van der Waals surface area (Å²) in [6.45, 7) is 0. The lowest BCUT2D eigenvalue weighted by Gasteiger charge is -2.03. The van der Waals surface area contributed by atoms with Gasteiger partial charge in [0.25, 0.3) is 21.0 Å². The van der Waals surface area contributed by atoms with Crippen molar-refractivity contribution in [2.75, 3.05) is 0 Å². The predicted molar refractivity (Wildman–Crippen MR) is 50.1 cm³/mol. The zero-order chi connectivity index (χ0) is 11.8. The average Bonchev–Trinajstić information content (AvgIpc) is 2.00. The van der Waals surface area contributed by atoms with Crippen LogP contribution in [-0.4, -0.2) is 13.4 Å².